The van der Waals surface area contributed by atoms with E-state index < -0.39 is 0 Å². The third-order valence-corrected chi connectivity index (χ3v) is 13.0. The summed E-state index contributed by atoms with van der Waals surface area (Å²) in [5.74, 6) is 1.78. The quantitative estimate of drug-likeness (QED) is 0.161. The Hall–Kier alpha value is -8.21. The van der Waals surface area contributed by atoms with Crippen LogP contribution >= 0.6 is 0 Å². The van der Waals surface area contributed by atoms with E-state index in [0.29, 0.717) is 17.5 Å². The van der Waals surface area contributed by atoms with Crippen LogP contribution < -0.4 is 0 Å². The number of benzene rings is 9. The van der Waals surface area contributed by atoms with Crippen LogP contribution in [0.5, 0.6) is 0 Å². The van der Waals surface area contributed by atoms with Gasteiger partial charge in [0.05, 0.1) is 0 Å². The molecule has 4 nitrogen and oxygen atoms in total. The highest BCUT2D eigenvalue weighted by Gasteiger charge is 2.36. The van der Waals surface area contributed by atoms with E-state index in [-0.39, 0.29) is 5.41 Å². The van der Waals surface area contributed by atoms with Gasteiger partial charge in [0, 0.05) is 32.9 Å². The number of hydrogen-bond acceptors (Lipinski definition) is 4. The molecule has 0 unspecified atom stereocenters. The van der Waals surface area contributed by atoms with Gasteiger partial charge in [0.2, 0.25) is 0 Å². The van der Waals surface area contributed by atoms with Gasteiger partial charge in [-0.1, -0.05) is 196 Å². The van der Waals surface area contributed by atoms with Crippen molar-refractivity contribution in [3.8, 4) is 89.8 Å². The van der Waals surface area contributed by atoms with E-state index in [1.165, 1.54) is 38.9 Å². The summed E-state index contributed by atoms with van der Waals surface area (Å²) in [7, 11) is 0. The Morgan fingerprint density at radius 2 is 0.812 bits per heavy atom. The Bertz CT molecular complexity index is 3570. The van der Waals surface area contributed by atoms with Gasteiger partial charge in [-0.3, -0.25) is 0 Å². The second-order valence-corrected chi connectivity index (χ2v) is 17.2. The van der Waals surface area contributed by atoms with Crippen molar-refractivity contribution in [2.45, 2.75) is 19.3 Å². The van der Waals surface area contributed by atoms with Gasteiger partial charge in [-0.05, 0) is 97.1 Å². The number of hydrogen-bond donors (Lipinski definition) is 0. The molecule has 0 amide bonds. The highest BCUT2D eigenvalue weighted by molar-refractivity contribution is 6.13. The van der Waals surface area contributed by atoms with Crippen molar-refractivity contribution >= 4 is 21.9 Å². The molecule has 0 bridgehead atoms. The van der Waals surface area contributed by atoms with Crippen molar-refractivity contribution < 1.29 is 4.42 Å². The first kappa shape index (κ1) is 37.5. The van der Waals surface area contributed by atoms with Crippen LogP contribution in [0, 0.1) is 0 Å². The van der Waals surface area contributed by atoms with Crippen LogP contribution in [0.25, 0.3) is 112 Å². The molecule has 2 aromatic heterocycles. The summed E-state index contributed by atoms with van der Waals surface area (Å²) in [4.78, 5) is 15.6. The second-order valence-electron chi connectivity index (χ2n) is 17.2. The van der Waals surface area contributed by atoms with Crippen LogP contribution in [0.15, 0.2) is 217 Å². The Labute approximate surface area is 372 Å². The molecule has 302 valence electrons. The van der Waals surface area contributed by atoms with Crippen LogP contribution in [0.1, 0.15) is 25.0 Å². The van der Waals surface area contributed by atoms with Gasteiger partial charge < -0.3 is 4.42 Å². The molecule has 0 saturated heterocycles. The van der Waals surface area contributed by atoms with Crippen molar-refractivity contribution in [3.05, 3.63) is 223 Å². The SMILES string of the molecule is CC1(C)c2ccccc2-c2c(-c3cccc(-c4nc(-c5ccc(-c6cccc(-c7ccccc7)c6)cc5)nc(-c5ccc6c(c5)oc5cccc(-c7ccccc7)c56)n4)c3)cccc21. The molecule has 64 heavy (non-hydrogen) atoms. The van der Waals surface area contributed by atoms with Gasteiger partial charge in [-0.25, -0.2) is 15.0 Å². The van der Waals surface area contributed by atoms with E-state index >= 15 is 0 Å². The first-order valence-corrected chi connectivity index (χ1v) is 21.8. The van der Waals surface area contributed by atoms with Crippen LogP contribution in [-0.4, -0.2) is 15.0 Å². The predicted octanol–water partition coefficient (Wildman–Crippen LogP) is 15.7. The minimum Gasteiger partial charge on any atom is -0.456 e. The van der Waals surface area contributed by atoms with Gasteiger partial charge >= 0.3 is 0 Å². The number of furan rings is 1. The molecule has 0 radical (unpaired) electrons. The van der Waals surface area contributed by atoms with Crippen molar-refractivity contribution in [2.75, 3.05) is 0 Å². The summed E-state index contributed by atoms with van der Waals surface area (Å²) in [6.07, 6.45) is 0. The highest BCUT2D eigenvalue weighted by atomic mass is 16.3. The minimum atomic E-state index is -0.0954. The standard InChI is InChI=1S/C60H41N3O/c1-60(2)51-26-10-9-23-49(51)55-48(24-13-27-52(55)60)44-21-12-22-45(36-44)58-61-57(41-31-29-39(30-32-41)43-20-11-19-42(35-43)38-15-5-3-6-16-38)62-59(63-58)46-33-34-50-54(37-46)64-53-28-14-25-47(56(50)53)40-17-7-4-8-18-40/h3-37H,1-2H3. The van der Waals surface area contributed by atoms with E-state index in [1.54, 1.807) is 0 Å². The van der Waals surface area contributed by atoms with Gasteiger partial charge in [0.15, 0.2) is 17.5 Å². The molecule has 0 atom stereocenters. The fraction of sp³-hybridized carbons (Fsp3) is 0.0500. The molecule has 0 saturated carbocycles. The first-order valence-electron chi connectivity index (χ1n) is 21.8. The molecular formula is C60H41N3O. The van der Waals surface area contributed by atoms with E-state index in [1.807, 2.05) is 18.2 Å². The van der Waals surface area contributed by atoms with Gasteiger partial charge in [-0.2, -0.15) is 0 Å². The molecule has 0 N–H and O–H groups in total. The first-order chi connectivity index (χ1) is 31.5. The van der Waals surface area contributed by atoms with Crippen molar-refractivity contribution in [2.24, 2.45) is 0 Å². The topological polar surface area (TPSA) is 51.8 Å². The Balaban J connectivity index is 0.985. The second kappa shape index (κ2) is 15.0. The molecule has 4 heteroatoms. The lowest BCUT2D eigenvalue weighted by molar-refractivity contribution is 0.660. The van der Waals surface area contributed by atoms with Crippen LogP contribution in [-0.2, 0) is 5.41 Å². The summed E-state index contributed by atoms with van der Waals surface area (Å²) in [5, 5.41) is 2.14. The van der Waals surface area contributed by atoms with E-state index in [0.717, 1.165) is 66.4 Å². The Kier molecular flexibility index (Phi) is 8.80. The van der Waals surface area contributed by atoms with E-state index in [2.05, 4.69) is 208 Å². The molecule has 12 rings (SSSR count). The fourth-order valence-corrected chi connectivity index (χ4v) is 9.73. The third kappa shape index (κ3) is 6.34. The molecule has 1 aliphatic carbocycles. The lowest BCUT2D eigenvalue weighted by Gasteiger charge is -2.21. The maximum absolute atomic E-state index is 6.57. The summed E-state index contributed by atoms with van der Waals surface area (Å²) in [6.45, 7) is 4.65. The fourth-order valence-electron chi connectivity index (χ4n) is 9.73. The van der Waals surface area contributed by atoms with Gasteiger partial charge in [0.1, 0.15) is 11.2 Å². The van der Waals surface area contributed by atoms with Crippen molar-refractivity contribution in [1.29, 1.82) is 0 Å². The molecule has 11 aromatic rings. The summed E-state index contributed by atoms with van der Waals surface area (Å²) in [5.41, 5.74) is 18.7. The summed E-state index contributed by atoms with van der Waals surface area (Å²) < 4.78 is 6.57. The maximum atomic E-state index is 6.57. The smallest absolute Gasteiger partial charge is 0.164 e. The number of nitrogens with zero attached hydrogens (tertiary/aromatic N) is 3. The molecule has 0 fully saturated rings. The third-order valence-electron chi connectivity index (χ3n) is 13.0. The highest BCUT2D eigenvalue weighted by Crippen LogP contribution is 2.52. The number of rotatable bonds is 7. The monoisotopic (exact) mass is 819 g/mol. The van der Waals surface area contributed by atoms with E-state index in [9.17, 15) is 0 Å². The van der Waals surface area contributed by atoms with Crippen molar-refractivity contribution in [3.63, 3.8) is 0 Å². The van der Waals surface area contributed by atoms with Crippen LogP contribution in [0.4, 0.5) is 0 Å². The molecule has 0 spiro atoms. The van der Waals surface area contributed by atoms with E-state index in [4.69, 9.17) is 19.4 Å². The zero-order chi connectivity index (χ0) is 42.8. The Morgan fingerprint density at radius 3 is 1.56 bits per heavy atom. The molecule has 1 aliphatic rings. The summed E-state index contributed by atoms with van der Waals surface area (Å²) >= 11 is 0. The lowest BCUT2D eigenvalue weighted by atomic mass is 9.82. The number of fused-ring (bicyclic) bond motifs is 6. The zero-order valence-corrected chi connectivity index (χ0v) is 35.5. The predicted molar refractivity (Wildman–Crippen MR) is 263 cm³/mol. The Morgan fingerprint density at radius 1 is 0.328 bits per heavy atom. The molecule has 9 aromatic carbocycles. The van der Waals surface area contributed by atoms with Crippen LogP contribution in [0.3, 0.4) is 0 Å². The maximum Gasteiger partial charge on any atom is 0.164 e. The lowest BCUT2D eigenvalue weighted by Crippen LogP contribution is -2.14. The zero-order valence-electron chi connectivity index (χ0n) is 35.5. The van der Waals surface area contributed by atoms with Gasteiger partial charge in [0.25, 0.3) is 0 Å². The molecule has 2 heterocycles. The molecular weight excluding hydrogens is 779 g/mol. The summed E-state index contributed by atoms with van der Waals surface area (Å²) in [6, 6.07) is 74.9. The molecule has 0 aliphatic heterocycles. The largest absolute Gasteiger partial charge is 0.456 e. The van der Waals surface area contributed by atoms with Crippen molar-refractivity contribution in [1.82, 2.24) is 15.0 Å². The average molecular weight is 820 g/mol. The van der Waals surface area contributed by atoms with Gasteiger partial charge in [-0.15, -0.1) is 0 Å². The normalized spacial score (nSPS) is 12.7. The minimum absolute atomic E-state index is 0.0954. The number of aromatic nitrogens is 3. The average Bonchev–Trinajstić information content (AvgIpc) is 3.86. The van der Waals surface area contributed by atoms with Crippen LogP contribution in [0.2, 0.25) is 0 Å².